The molecule has 4 rings (SSSR count). The van der Waals surface area contributed by atoms with Crippen molar-refractivity contribution in [2.45, 2.75) is 30.0 Å². The molecule has 1 saturated heterocycles. The van der Waals surface area contributed by atoms with Crippen LogP contribution in [0.2, 0.25) is 9.36 Å². The third-order valence-electron chi connectivity index (χ3n) is 5.51. The summed E-state index contributed by atoms with van der Waals surface area (Å²) in [5.74, 6) is -0.261. The fourth-order valence-electron chi connectivity index (χ4n) is 3.86. The molecule has 34 heavy (non-hydrogen) atoms. The van der Waals surface area contributed by atoms with Crippen LogP contribution in [0.15, 0.2) is 28.5 Å². The van der Waals surface area contributed by atoms with Crippen molar-refractivity contribution < 1.29 is 13.2 Å². The van der Waals surface area contributed by atoms with Gasteiger partial charge in [-0.3, -0.25) is 9.69 Å². The van der Waals surface area contributed by atoms with Gasteiger partial charge in [0.05, 0.1) is 14.6 Å². The summed E-state index contributed by atoms with van der Waals surface area (Å²) in [6.07, 6.45) is 1.08. The molecule has 1 atom stereocenters. The smallest absolute Gasteiger partial charge is 0.253 e. The van der Waals surface area contributed by atoms with Gasteiger partial charge in [-0.05, 0) is 63.7 Å². The molecular formula is C21H25Cl3N4O3S3. The largest absolute Gasteiger partial charge is 0.308 e. The van der Waals surface area contributed by atoms with E-state index in [1.54, 1.807) is 11.0 Å². The Morgan fingerprint density at radius 1 is 1.21 bits per heavy atom. The Hall–Kier alpha value is -0.980. The van der Waals surface area contributed by atoms with E-state index in [0.717, 1.165) is 27.1 Å². The van der Waals surface area contributed by atoms with Crippen LogP contribution >= 0.6 is 58.3 Å². The summed E-state index contributed by atoms with van der Waals surface area (Å²) in [7, 11) is 0.0358. The number of anilines is 1. The summed E-state index contributed by atoms with van der Waals surface area (Å²) < 4.78 is 29.3. The molecule has 0 N–H and O–H groups in total. The monoisotopic (exact) mass is 582 g/mol. The Labute approximate surface area is 223 Å². The number of amides is 1. The minimum atomic E-state index is -3.82. The van der Waals surface area contributed by atoms with E-state index in [0.29, 0.717) is 47.0 Å². The van der Waals surface area contributed by atoms with Gasteiger partial charge in [0, 0.05) is 24.7 Å². The van der Waals surface area contributed by atoms with Crippen molar-refractivity contribution in [1.29, 1.82) is 0 Å². The van der Waals surface area contributed by atoms with Crippen LogP contribution in [-0.4, -0.2) is 68.3 Å². The van der Waals surface area contributed by atoms with Crippen LogP contribution in [0.1, 0.15) is 18.4 Å². The lowest BCUT2D eigenvalue weighted by molar-refractivity contribution is -0.121. The number of carbonyl (C=O) groups excluding carboxylic acids is 1. The van der Waals surface area contributed by atoms with E-state index in [1.807, 2.05) is 38.1 Å². The molecule has 3 heterocycles. The van der Waals surface area contributed by atoms with Gasteiger partial charge in [0.15, 0.2) is 5.13 Å². The van der Waals surface area contributed by atoms with Crippen LogP contribution < -0.4 is 4.90 Å². The molecule has 0 radical (unpaired) electrons. The van der Waals surface area contributed by atoms with Gasteiger partial charge in [-0.25, -0.2) is 13.4 Å². The molecule has 1 aliphatic rings. The van der Waals surface area contributed by atoms with Crippen molar-refractivity contribution in [2.24, 2.45) is 0 Å². The fourth-order valence-corrected chi connectivity index (χ4v) is 8.58. The number of halogens is 3. The van der Waals surface area contributed by atoms with E-state index in [2.05, 4.69) is 0 Å². The maximum atomic E-state index is 13.8. The molecule has 186 valence electrons. The summed E-state index contributed by atoms with van der Waals surface area (Å²) in [5, 5.41) is 1.16. The lowest BCUT2D eigenvalue weighted by Gasteiger charge is -2.29. The predicted octanol–water partition coefficient (Wildman–Crippen LogP) is 5.14. The van der Waals surface area contributed by atoms with E-state index in [4.69, 9.17) is 28.2 Å². The number of thiazole rings is 1. The third-order valence-corrected chi connectivity index (χ3v) is 10.4. The summed E-state index contributed by atoms with van der Waals surface area (Å²) in [5.41, 5.74) is 1.73. The van der Waals surface area contributed by atoms with Crippen LogP contribution in [0.5, 0.6) is 0 Å². The van der Waals surface area contributed by atoms with Gasteiger partial charge in [-0.15, -0.1) is 23.7 Å². The van der Waals surface area contributed by atoms with Gasteiger partial charge in [0.1, 0.15) is 10.3 Å². The molecule has 2 aromatic heterocycles. The topological polar surface area (TPSA) is 73.8 Å². The number of likely N-dealkylation sites (N-methyl/N-ethyl adjacent to an activating group) is 1. The van der Waals surface area contributed by atoms with Gasteiger partial charge in [-0.1, -0.05) is 34.5 Å². The Morgan fingerprint density at radius 2 is 1.94 bits per heavy atom. The Morgan fingerprint density at radius 3 is 2.59 bits per heavy atom. The summed E-state index contributed by atoms with van der Waals surface area (Å²) >= 11 is 14.6. The molecule has 7 nitrogen and oxygen atoms in total. The van der Waals surface area contributed by atoms with Crippen LogP contribution in [0.4, 0.5) is 5.13 Å². The van der Waals surface area contributed by atoms with E-state index in [9.17, 15) is 13.2 Å². The Bertz CT molecular complexity index is 1290. The van der Waals surface area contributed by atoms with Crippen LogP contribution in [0, 0.1) is 6.92 Å². The van der Waals surface area contributed by atoms with Gasteiger partial charge < -0.3 is 4.90 Å². The first-order valence-corrected chi connectivity index (χ1v) is 14.2. The second-order valence-corrected chi connectivity index (χ2v) is 13.5. The van der Waals surface area contributed by atoms with Gasteiger partial charge in [0.2, 0.25) is 5.91 Å². The van der Waals surface area contributed by atoms with Crippen molar-refractivity contribution in [1.82, 2.24) is 14.2 Å². The van der Waals surface area contributed by atoms with Crippen molar-refractivity contribution in [3.05, 3.63) is 39.2 Å². The second kappa shape index (κ2) is 11.0. The number of sulfonamides is 1. The maximum Gasteiger partial charge on any atom is 0.253 e. The van der Waals surface area contributed by atoms with E-state index < -0.39 is 16.1 Å². The van der Waals surface area contributed by atoms with E-state index >= 15 is 0 Å². The van der Waals surface area contributed by atoms with E-state index in [1.165, 1.54) is 21.7 Å². The summed E-state index contributed by atoms with van der Waals surface area (Å²) in [4.78, 5) is 22.1. The standard InChI is InChI=1S/C21H24Cl2N4O3S3.ClH/c1-13-11-14(22)12-16-19(13)24-21(31-16)26(10-9-25(2)3)20(28)15-5-4-8-27(15)33(29,30)18-7-6-17(23)32-18;/h6-7,11-12,15H,4-5,8-10H2,1-3H3;1H. The zero-order valence-corrected chi connectivity index (χ0v) is 23.6. The third kappa shape index (κ3) is 5.54. The Kier molecular flexibility index (Phi) is 8.90. The number of thiophene rings is 1. The molecule has 0 bridgehead atoms. The molecule has 0 spiro atoms. The predicted molar refractivity (Wildman–Crippen MR) is 144 cm³/mol. The number of rotatable bonds is 7. The average Bonchev–Trinajstić information content (AvgIpc) is 3.47. The zero-order chi connectivity index (χ0) is 23.9. The highest BCUT2D eigenvalue weighted by atomic mass is 35.5. The Balaban J connectivity index is 0.00000324. The summed E-state index contributed by atoms with van der Waals surface area (Å²) in [6, 6.07) is 5.95. The van der Waals surface area contributed by atoms with Crippen molar-refractivity contribution in [3.8, 4) is 0 Å². The number of nitrogens with zero attached hydrogens (tertiary/aromatic N) is 4. The molecule has 1 unspecified atom stereocenters. The molecule has 1 amide bonds. The first kappa shape index (κ1) is 27.6. The van der Waals surface area contributed by atoms with Crippen LogP contribution in [-0.2, 0) is 14.8 Å². The maximum absolute atomic E-state index is 13.8. The fraction of sp³-hybridized carbons (Fsp3) is 0.429. The number of aromatic nitrogens is 1. The number of aryl methyl sites for hydroxylation is 1. The van der Waals surface area contributed by atoms with Crippen molar-refractivity contribution >= 4 is 89.6 Å². The minimum Gasteiger partial charge on any atom is -0.308 e. The number of fused-ring (bicyclic) bond motifs is 1. The quantitative estimate of drug-likeness (QED) is 0.385. The molecule has 1 aromatic carbocycles. The molecule has 1 aliphatic heterocycles. The highest BCUT2D eigenvalue weighted by Gasteiger charge is 2.42. The zero-order valence-electron chi connectivity index (χ0n) is 18.8. The SMILES string of the molecule is Cc1cc(Cl)cc2sc(N(CCN(C)C)C(=O)C3CCCN3S(=O)(=O)c3ccc(Cl)s3)nc12.Cl. The van der Waals surface area contributed by atoms with Crippen molar-refractivity contribution in [2.75, 3.05) is 38.6 Å². The number of hydrogen-bond donors (Lipinski definition) is 0. The number of hydrogen-bond acceptors (Lipinski definition) is 7. The number of carbonyl (C=O) groups is 1. The first-order valence-electron chi connectivity index (χ1n) is 10.4. The first-order chi connectivity index (χ1) is 15.6. The molecular weight excluding hydrogens is 559 g/mol. The summed E-state index contributed by atoms with van der Waals surface area (Å²) in [6.45, 7) is 3.24. The lowest BCUT2D eigenvalue weighted by atomic mass is 10.2. The highest BCUT2D eigenvalue weighted by molar-refractivity contribution is 7.91. The van der Waals surface area contributed by atoms with E-state index in [-0.39, 0.29) is 22.5 Å². The van der Waals surface area contributed by atoms with Crippen molar-refractivity contribution in [3.63, 3.8) is 0 Å². The van der Waals surface area contributed by atoms with Gasteiger partial charge in [0.25, 0.3) is 10.0 Å². The average molecular weight is 584 g/mol. The lowest BCUT2D eigenvalue weighted by Crippen LogP contribution is -2.49. The van der Waals surface area contributed by atoms with Gasteiger partial charge >= 0.3 is 0 Å². The minimum absolute atomic E-state index is 0. The molecule has 0 saturated carbocycles. The van der Waals surface area contributed by atoms with Crippen LogP contribution in [0.25, 0.3) is 10.2 Å². The normalized spacial score (nSPS) is 16.8. The molecule has 0 aliphatic carbocycles. The molecule has 1 fully saturated rings. The molecule has 3 aromatic rings. The van der Waals surface area contributed by atoms with Crippen LogP contribution in [0.3, 0.4) is 0 Å². The van der Waals surface area contributed by atoms with Gasteiger partial charge in [-0.2, -0.15) is 4.31 Å². The molecule has 13 heteroatoms. The highest BCUT2D eigenvalue weighted by Crippen LogP contribution is 2.36. The number of benzene rings is 1. The second-order valence-electron chi connectivity index (χ2n) is 8.19.